The Hall–Kier alpha value is -2.43. The van der Waals surface area contributed by atoms with Gasteiger partial charge in [0.05, 0.1) is 11.2 Å². The van der Waals surface area contributed by atoms with E-state index in [0.717, 1.165) is 22.3 Å². The van der Waals surface area contributed by atoms with E-state index in [1.165, 1.54) is 0 Å². The summed E-state index contributed by atoms with van der Waals surface area (Å²) in [5, 5.41) is 12.3. The van der Waals surface area contributed by atoms with Crippen molar-refractivity contribution in [3.8, 4) is 0 Å². The molecule has 1 aromatic heterocycles. The van der Waals surface area contributed by atoms with Crippen LogP contribution in [0.1, 0.15) is 31.4 Å². The number of nitrogens with one attached hydrogen (secondary N) is 1. The highest BCUT2D eigenvalue weighted by Crippen LogP contribution is 2.23. The second-order valence-electron chi connectivity index (χ2n) is 4.98. The number of para-hydroxylation sites is 1. The summed E-state index contributed by atoms with van der Waals surface area (Å²) in [5.41, 5.74) is 2.44. The van der Waals surface area contributed by atoms with Gasteiger partial charge in [0, 0.05) is 23.9 Å². The summed E-state index contributed by atoms with van der Waals surface area (Å²) in [6.07, 6.45) is 1.51. The first-order valence-electron chi connectivity index (χ1n) is 6.94. The minimum atomic E-state index is -0.828. The number of hydrogen-bond donors (Lipinski definition) is 2. The molecule has 21 heavy (non-hydrogen) atoms. The van der Waals surface area contributed by atoms with Gasteiger partial charge in [-0.2, -0.15) is 0 Å². The summed E-state index contributed by atoms with van der Waals surface area (Å²) >= 11 is 0. The molecule has 0 radical (unpaired) electrons. The Labute approximate surface area is 123 Å². The van der Waals surface area contributed by atoms with E-state index in [1.807, 2.05) is 37.3 Å². The van der Waals surface area contributed by atoms with Crippen LogP contribution in [0.15, 0.2) is 30.3 Å². The Kier molecular flexibility index (Phi) is 4.87. The van der Waals surface area contributed by atoms with Crippen molar-refractivity contribution in [1.82, 2.24) is 4.98 Å². The molecule has 0 aliphatic rings. The number of pyridine rings is 1. The van der Waals surface area contributed by atoms with Crippen molar-refractivity contribution < 1.29 is 14.7 Å². The summed E-state index contributed by atoms with van der Waals surface area (Å²) in [5.74, 6) is -0.928. The lowest BCUT2D eigenvalue weighted by atomic mass is 10.1. The van der Waals surface area contributed by atoms with Crippen LogP contribution in [-0.4, -0.2) is 22.0 Å². The molecule has 0 saturated heterocycles. The Morgan fingerprint density at radius 1 is 1.19 bits per heavy atom. The Morgan fingerprint density at radius 3 is 2.67 bits per heavy atom. The minimum absolute atomic E-state index is 0.101. The number of carboxylic acid groups (broad SMARTS) is 1. The maximum atomic E-state index is 11.9. The predicted octanol–water partition coefficient (Wildman–Crippen LogP) is 3.13. The van der Waals surface area contributed by atoms with E-state index in [2.05, 4.69) is 10.3 Å². The maximum absolute atomic E-state index is 11.9. The molecule has 0 unspecified atom stereocenters. The number of fused-ring (bicyclic) bond motifs is 1. The van der Waals surface area contributed by atoms with Gasteiger partial charge >= 0.3 is 5.97 Å². The molecular formula is C16H18N2O3. The quantitative estimate of drug-likeness (QED) is 0.800. The second kappa shape index (κ2) is 6.83. The van der Waals surface area contributed by atoms with Gasteiger partial charge in [-0.1, -0.05) is 18.2 Å². The molecule has 2 aromatic rings. The van der Waals surface area contributed by atoms with Crippen LogP contribution >= 0.6 is 0 Å². The molecule has 0 bridgehead atoms. The van der Waals surface area contributed by atoms with Crippen molar-refractivity contribution in [2.45, 2.75) is 32.6 Å². The maximum Gasteiger partial charge on any atom is 0.303 e. The summed E-state index contributed by atoms with van der Waals surface area (Å²) in [6.45, 7) is 1.88. The molecular weight excluding hydrogens is 268 g/mol. The number of rotatable bonds is 6. The molecule has 5 heteroatoms. The van der Waals surface area contributed by atoms with E-state index >= 15 is 0 Å². The molecule has 0 aliphatic carbocycles. The summed E-state index contributed by atoms with van der Waals surface area (Å²) in [7, 11) is 0. The number of hydrogen-bond acceptors (Lipinski definition) is 3. The Balaban J connectivity index is 2.02. The predicted molar refractivity (Wildman–Crippen MR) is 81.2 cm³/mol. The van der Waals surface area contributed by atoms with E-state index in [9.17, 15) is 9.59 Å². The lowest BCUT2D eigenvalue weighted by Gasteiger charge is -2.09. The smallest absolute Gasteiger partial charge is 0.303 e. The van der Waals surface area contributed by atoms with Crippen LogP contribution in [0.3, 0.4) is 0 Å². The molecule has 1 heterocycles. The van der Waals surface area contributed by atoms with E-state index in [4.69, 9.17) is 5.11 Å². The Bertz CT molecular complexity index is 668. The topological polar surface area (TPSA) is 79.3 Å². The summed E-state index contributed by atoms with van der Waals surface area (Å²) < 4.78 is 0. The summed E-state index contributed by atoms with van der Waals surface area (Å²) in [4.78, 5) is 26.8. The van der Waals surface area contributed by atoms with E-state index in [1.54, 1.807) is 0 Å². The van der Waals surface area contributed by atoms with Crippen molar-refractivity contribution in [3.05, 3.63) is 36.0 Å². The molecule has 110 valence electrons. The molecule has 0 fully saturated rings. The van der Waals surface area contributed by atoms with Gasteiger partial charge in [-0.05, 0) is 31.9 Å². The average molecular weight is 286 g/mol. The van der Waals surface area contributed by atoms with Crippen LogP contribution in [-0.2, 0) is 9.59 Å². The average Bonchev–Trinajstić information content (AvgIpc) is 2.43. The molecule has 0 saturated carbocycles. The Morgan fingerprint density at radius 2 is 1.90 bits per heavy atom. The lowest BCUT2D eigenvalue weighted by Crippen LogP contribution is -2.12. The molecule has 2 N–H and O–H groups in total. The molecule has 1 aromatic carbocycles. The van der Waals surface area contributed by atoms with Gasteiger partial charge in [0.15, 0.2) is 0 Å². The van der Waals surface area contributed by atoms with Gasteiger partial charge in [-0.25, -0.2) is 0 Å². The van der Waals surface area contributed by atoms with Crippen molar-refractivity contribution >= 4 is 28.5 Å². The number of aryl methyl sites for hydroxylation is 1. The fourth-order valence-corrected chi connectivity index (χ4v) is 2.19. The zero-order chi connectivity index (χ0) is 15.2. The number of amides is 1. The second-order valence-corrected chi connectivity index (χ2v) is 4.98. The van der Waals surface area contributed by atoms with Crippen LogP contribution in [0.5, 0.6) is 0 Å². The van der Waals surface area contributed by atoms with E-state index in [0.29, 0.717) is 19.3 Å². The number of carbonyl (C=O) groups is 2. The SMILES string of the molecule is Cc1cc(NC(=O)CCCCC(=O)O)c2ccccc2n1. The normalized spacial score (nSPS) is 10.5. The van der Waals surface area contributed by atoms with Crippen molar-refractivity contribution in [1.29, 1.82) is 0 Å². The highest BCUT2D eigenvalue weighted by molar-refractivity contribution is 6.00. The molecule has 0 atom stereocenters. The number of anilines is 1. The minimum Gasteiger partial charge on any atom is -0.481 e. The van der Waals surface area contributed by atoms with Gasteiger partial charge in [-0.15, -0.1) is 0 Å². The van der Waals surface area contributed by atoms with Crippen molar-refractivity contribution in [2.24, 2.45) is 0 Å². The number of carbonyl (C=O) groups excluding carboxylic acids is 1. The standard InChI is InChI=1S/C16H18N2O3/c1-11-10-14(12-6-2-3-7-13(12)17-11)18-15(19)8-4-5-9-16(20)21/h2-3,6-7,10H,4-5,8-9H2,1H3,(H,20,21)(H,17,18,19). The first-order chi connectivity index (χ1) is 10.1. The van der Waals surface area contributed by atoms with Crippen LogP contribution in [0.2, 0.25) is 0 Å². The van der Waals surface area contributed by atoms with E-state index < -0.39 is 5.97 Å². The third kappa shape index (κ3) is 4.27. The van der Waals surface area contributed by atoms with Crippen molar-refractivity contribution in [3.63, 3.8) is 0 Å². The first kappa shape index (κ1) is 15.0. The zero-order valence-electron chi connectivity index (χ0n) is 11.9. The third-order valence-corrected chi connectivity index (χ3v) is 3.16. The number of carboxylic acids is 1. The summed E-state index contributed by atoms with van der Waals surface area (Å²) in [6, 6.07) is 9.48. The van der Waals surface area contributed by atoms with Gasteiger partial charge in [0.25, 0.3) is 0 Å². The number of aliphatic carboxylic acids is 1. The van der Waals surface area contributed by atoms with Crippen LogP contribution in [0, 0.1) is 6.92 Å². The highest BCUT2D eigenvalue weighted by Gasteiger charge is 2.08. The number of unbranched alkanes of at least 4 members (excludes halogenated alkanes) is 1. The van der Waals surface area contributed by atoms with Gasteiger partial charge < -0.3 is 10.4 Å². The van der Waals surface area contributed by atoms with Gasteiger partial charge in [0.2, 0.25) is 5.91 Å². The highest BCUT2D eigenvalue weighted by atomic mass is 16.4. The zero-order valence-corrected chi connectivity index (χ0v) is 11.9. The molecule has 5 nitrogen and oxygen atoms in total. The van der Waals surface area contributed by atoms with Gasteiger partial charge in [0.1, 0.15) is 0 Å². The molecule has 1 amide bonds. The largest absolute Gasteiger partial charge is 0.481 e. The van der Waals surface area contributed by atoms with Crippen LogP contribution < -0.4 is 5.32 Å². The number of benzene rings is 1. The first-order valence-corrected chi connectivity index (χ1v) is 6.94. The third-order valence-electron chi connectivity index (χ3n) is 3.16. The van der Waals surface area contributed by atoms with E-state index in [-0.39, 0.29) is 12.3 Å². The van der Waals surface area contributed by atoms with Crippen LogP contribution in [0.4, 0.5) is 5.69 Å². The molecule has 0 aliphatic heterocycles. The number of nitrogens with zero attached hydrogens (tertiary/aromatic N) is 1. The molecule has 2 rings (SSSR count). The van der Waals surface area contributed by atoms with Crippen molar-refractivity contribution in [2.75, 3.05) is 5.32 Å². The fourth-order valence-electron chi connectivity index (χ4n) is 2.19. The lowest BCUT2D eigenvalue weighted by molar-refractivity contribution is -0.137. The molecule has 0 spiro atoms. The van der Waals surface area contributed by atoms with Gasteiger partial charge in [-0.3, -0.25) is 14.6 Å². The fraction of sp³-hybridized carbons (Fsp3) is 0.312. The number of aromatic nitrogens is 1. The van der Waals surface area contributed by atoms with Crippen LogP contribution in [0.25, 0.3) is 10.9 Å². The monoisotopic (exact) mass is 286 g/mol.